The number of β-amino-alcohol motifs (C(OH)–C–C–N with tert-alkyl or cyclic N) is 1. The zero-order valence-corrected chi connectivity index (χ0v) is 15.8. The molecule has 1 aromatic rings. The molecule has 25 heavy (non-hydrogen) atoms. The fourth-order valence-electron chi connectivity index (χ4n) is 2.34. The van der Waals surface area contributed by atoms with Crippen molar-refractivity contribution in [1.29, 1.82) is 0 Å². The number of aliphatic hydroxyl groups is 1. The van der Waals surface area contributed by atoms with Gasteiger partial charge in [0.1, 0.15) is 5.70 Å². The summed E-state index contributed by atoms with van der Waals surface area (Å²) in [5.74, 6) is -1.48. The molecule has 0 saturated heterocycles. The van der Waals surface area contributed by atoms with Crippen molar-refractivity contribution in [2.45, 2.75) is 0 Å². The van der Waals surface area contributed by atoms with E-state index < -0.39 is 17.8 Å². The molecule has 1 aromatic carbocycles. The number of aliphatic hydroxyl groups excluding tert-OH is 1. The number of carbonyl (C=O) groups is 3. The van der Waals surface area contributed by atoms with Gasteiger partial charge in [-0.2, -0.15) is 0 Å². The van der Waals surface area contributed by atoms with Crippen LogP contribution in [0.15, 0.2) is 29.5 Å². The van der Waals surface area contributed by atoms with E-state index in [4.69, 9.17) is 9.84 Å². The second kappa shape index (κ2) is 8.30. The Morgan fingerprint density at radius 3 is 2.52 bits per heavy atom. The molecule has 0 aromatic heterocycles. The summed E-state index contributed by atoms with van der Waals surface area (Å²) in [5, 5.41) is 12.0. The van der Waals surface area contributed by atoms with E-state index in [1.807, 2.05) is 22.6 Å². The molecule has 1 aliphatic heterocycles. The summed E-state index contributed by atoms with van der Waals surface area (Å²) in [6, 6.07) is 4.79. The topological polar surface area (TPSA) is 105 Å². The van der Waals surface area contributed by atoms with Crippen LogP contribution in [-0.2, 0) is 19.1 Å². The molecule has 1 heterocycles. The molecule has 0 bridgehead atoms. The summed E-state index contributed by atoms with van der Waals surface area (Å²) in [6.45, 7) is -0.0348. The number of amides is 1. The van der Waals surface area contributed by atoms with E-state index in [0.29, 0.717) is 14.8 Å². The van der Waals surface area contributed by atoms with Crippen LogP contribution in [0, 0.1) is 3.57 Å². The highest BCUT2D eigenvalue weighted by Gasteiger charge is 2.34. The van der Waals surface area contributed by atoms with Crippen LogP contribution in [0.3, 0.4) is 0 Å². The Bertz CT molecular complexity index is 746. The van der Waals surface area contributed by atoms with Crippen molar-refractivity contribution < 1.29 is 29.0 Å². The first-order chi connectivity index (χ1) is 11.9. The Morgan fingerprint density at radius 1 is 1.28 bits per heavy atom. The van der Waals surface area contributed by atoms with Crippen molar-refractivity contribution in [2.75, 3.05) is 39.2 Å². The normalized spacial score (nSPS) is 13.9. The second-order valence-corrected chi connectivity index (χ2v) is 6.27. The van der Waals surface area contributed by atoms with Gasteiger partial charge in [-0.3, -0.25) is 4.79 Å². The summed E-state index contributed by atoms with van der Waals surface area (Å²) in [7, 11) is 2.53. The molecule has 0 aliphatic carbocycles. The molecule has 2 N–H and O–H groups in total. The summed E-state index contributed by atoms with van der Waals surface area (Å²) in [5.41, 5.74) is 1.22. The van der Waals surface area contributed by atoms with Crippen LogP contribution in [0.2, 0.25) is 0 Å². The SMILES string of the molecule is COC(=O)C1=C(Nc2ccc(C(=O)OC)cc2I)C(=O)N(CCO)C1. The van der Waals surface area contributed by atoms with E-state index in [0.717, 1.165) is 0 Å². The third-order valence-corrected chi connectivity index (χ3v) is 4.50. The highest BCUT2D eigenvalue weighted by molar-refractivity contribution is 14.1. The molecule has 0 saturated carbocycles. The average Bonchev–Trinajstić information content (AvgIpc) is 2.92. The van der Waals surface area contributed by atoms with Crippen LogP contribution < -0.4 is 5.32 Å². The van der Waals surface area contributed by atoms with Gasteiger partial charge in [-0.25, -0.2) is 9.59 Å². The molecule has 0 fully saturated rings. The van der Waals surface area contributed by atoms with Crippen LogP contribution >= 0.6 is 22.6 Å². The standard InChI is InChI=1S/C16H17IN2O6/c1-24-15(22)9-3-4-12(11(17)7-9)18-13-10(16(23)25-2)8-19(5-6-20)14(13)21/h3-4,7,18,20H,5-6,8H2,1-2H3. The lowest BCUT2D eigenvalue weighted by Gasteiger charge is -2.15. The zero-order valence-electron chi connectivity index (χ0n) is 13.7. The fourth-order valence-corrected chi connectivity index (χ4v) is 3.00. The maximum Gasteiger partial charge on any atom is 0.337 e. The number of nitrogens with one attached hydrogen (secondary N) is 1. The third kappa shape index (κ3) is 4.10. The van der Waals surface area contributed by atoms with Gasteiger partial charge in [0.15, 0.2) is 0 Å². The number of halogens is 1. The Kier molecular flexibility index (Phi) is 6.37. The van der Waals surface area contributed by atoms with Crippen molar-refractivity contribution in [3.8, 4) is 0 Å². The first-order valence-corrected chi connectivity index (χ1v) is 8.37. The smallest absolute Gasteiger partial charge is 0.337 e. The van der Waals surface area contributed by atoms with Crippen LogP contribution in [0.5, 0.6) is 0 Å². The van der Waals surface area contributed by atoms with E-state index in [1.54, 1.807) is 18.2 Å². The molecule has 134 valence electrons. The van der Waals surface area contributed by atoms with Crippen LogP contribution in [0.4, 0.5) is 5.69 Å². The molecular weight excluding hydrogens is 443 g/mol. The minimum atomic E-state index is -0.613. The van der Waals surface area contributed by atoms with Gasteiger partial charge in [0.2, 0.25) is 0 Å². The van der Waals surface area contributed by atoms with Crippen molar-refractivity contribution in [1.82, 2.24) is 4.90 Å². The van der Waals surface area contributed by atoms with Gasteiger partial charge in [0.05, 0.1) is 44.2 Å². The number of nitrogens with zero attached hydrogens (tertiary/aromatic N) is 1. The number of methoxy groups -OCH3 is 2. The van der Waals surface area contributed by atoms with Crippen LogP contribution in [-0.4, -0.2) is 61.8 Å². The number of carbonyl (C=O) groups excluding carboxylic acids is 3. The van der Waals surface area contributed by atoms with E-state index >= 15 is 0 Å². The molecular formula is C16H17IN2O6. The molecule has 1 aliphatic rings. The van der Waals surface area contributed by atoms with Gasteiger partial charge in [-0.05, 0) is 40.8 Å². The van der Waals surface area contributed by atoms with Crippen molar-refractivity contribution in [3.05, 3.63) is 38.6 Å². The van der Waals surface area contributed by atoms with Gasteiger partial charge in [-0.1, -0.05) is 0 Å². The minimum absolute atomic E-state index is 0.0607. The molecule has 0 unspecified atom stereocenters. The quantitative estimate of drug-likeness (QED) is 0.477. The van der Waals surface area contributed by atoms with Gasteiger partial charge in [-0.15, -0.1) is 0 Å². The number of benzene rings is 1. The molecule has 0 radical (unpaired) electrons. The lowest BCUT2D eigenvalue weighted by atomic mass is 10.2. The first kappa shape index (κ1) is 19.2. The fraction of sp³-hybridized carbons (Fsp3) is 0.312. The highest BCUT2D eigenvalue weighted by Crippen LogP contribution is 2.26. The second-order valence-electron chi connectivity index (χ2n) is 5.11. The zero-order chi connectivity index (χ0) is 18.6. The Balaban J connectivity index is 2.33. The van der Waals surface area contributed by atoms with Crippen LogP contribution in [0.25, 0.3) is 0 Å². The van der Waals surface area contributed by atoms with Gasteiger partial charge < -0.3 is 24.8 Å². The lowest BCUT2D eigenvalue weighted by molar-refractivity contribution is -0.136. The Hall–Kier alpha value is -2.14. The van der Waals surface area contributed by atoms with Gasteiger partial charge in [0.25, 0.3) is 5.91 Å². The maximum absolute atomic E-state index is 12.5. The van der Waals surface area contributed by atoms with Gasteiger partial charge in [0, 0.05) is 10.1 Å². The summed E-state index contributed by atoms with van der Waals surface area (Å²) in [6.07, 6.45) is 0. The molecule has 0 atom stereocenters. The van der Waals surface area contributed by atoms with E-state index in [1.165, 1.54) is 19.1 Å². The Morgan fingerprint density at radius 2 is 1.96 bits per heavy atom. The van der Waals surface area contributed by atoms with Crippen molar-refractivity contribution in [2.24, 2.45) is 0 Å². The first-order valence-electron chi connectivity index (χ1n) is 7.29. The van der Waals surface area contributed by atoms with E-state index in [-0.39, 0.29) is 31.0 Å². The molecule has 9 heteroatoms. The van der Waals surface area contributed by atoms with E-state index in [2.05, 4.69) is 10.1 Å². The highest BCUT2D eigenvalue weighted by atomic mass is 127. The van der Waals surface area contributed by atoms with Crippen molar-refractivity contribution in [3.63, 3.8) is 0 Å². The van der Waals surface area contributed by atoms with Crippen LogP contribution in [0.1, 0.15) is 10.4 Å². The molecule has 8 nitrogen and oxygen atoms in total. The minimum Gasteiger partial charge on any atom is -0.466 e. The number of esters is 2. The largest absolute Gasteiger partial charge is 0.466 e. The average molecular weight is 460 g/mol. The maximum atomic E-state index is 12.5. The number of hydrogen-bond donors (Lipinski definition) is 2. The predicted octanol–water partition coefficient (Wildman–Crippen LogP) is 0.751. The predicted molar refractivity (Wildman–Crippen MR) is 96.8 cm³/mol. The monoisotopic (exact) mass is 460 g/mol. The summed E-state index contributed by atoms with van der Waals surface area (Å²) < 4.78 is 10.1. The number of hydrogen-bond acceptors (Lipinski definition) is 7. The van der Waals surface area contributed by atoms with Crippen molar-refractivity contribution >= 4 is 46.1 Å². The lowest BCUT2D eigenvalue weighted by Crippen LogP contribution is -2.31. The third-order valence-electron chi connectivity index (χ3n) is 3.60. The molecule has 2 rings (SSSR count). The number of anilines is 1. The summed E-state index contributed by atoms with van der Waals surface area (Å²) >= 11 is 2.01. The number of rotatable bonds is 6. The summed E-state index contributed by atoms with van der Waals surface area (Å²) in [4.78, 5) is 37.3. The molecule has 1 amide bonds. The number of ether oxygens (including phenoxy) is 2. The Labute approximate surface area is 157 Å². The molecule has 0 spiro atoms. The van der Waals surface area contributed by atoms with Gasteiger partial charge >= 0.3 is 11.9 Å². The van der Waals surface area contributed by atoms with E-state index in [9.17, 15) is 14.4 Å².